The van der Waals surface area contributed by atoms with E-state index in [0.29, 0.717) is 22.8 Å². The minimum atomic E-state index is -1.29. The number of halogens is 1. The van der Waals surface area contributed by atoms with Crippen LogP contribution < -0.4 is 9.80 Å². The van der Waals surface area contributed by atoms with Crippen LogP contribution in [0.25, 0.3) is 0 Å². The standard InChI is InChI=1S/C32H25ClN2O3/c33-24-16-17-28-26(18-24)32(20-22-10-4-1-5-11-22,31(38)34(28)21-23-12-6-2-7-13-23)27-19-29(36)35(30(27)37)25-14-8-3-9-15-25/h1-18,27H,19-21H2/t27-,32+/m0/s1. The second-order valence-electron chi connectivity index (χ2n) is 9.83. The van der Waals surface area contributed by atoms with Gasteiger partial charge < -0.3 is 4.90 Å². The lowest BCUT2D eigenvalue weighted by atomic mass is 9.66. The highest BCUT2D eigenvalue weighted by Gasteiger charge is 2.61. The second-order valence-corrected chi connectivity index (χ2v) is 10.3. The molecule has 0 aromatic heterocycles. The molecule has 0 N–H and O–H groups in total. The van der Waals surface area contributed by atoms with Crippen molar-refractivity contribution in [2.75, 3.05) is 9.80 Å². The summed E-state index contributed by atoms with van der Waals surface area (Å²) < 4.78 is 0. The average Bonchev–Trinajstić information content (AvgIpc) is 3.36. The van der Waals surface area contributed by atoms with Crippen molar-refractivity contribution in [1.29, 1.82) is 0 Å². The molecule has 2 aliphatic heterocycles. The molecule has 0 spiro atoms. The van der Waals surface area contributed by atoms with Crippen LogP contribution in [0.2, 0.25) is 5.02 Å². The Morgan fingerprint density at radius 3 is 2.03 bits per heavy atom. The maximum Gasteiger partial charge on any atom is 0.239 e. The molecule has 38 heavy (non-hydrogen) atoms. The fourth-order valence-corrected chi connectivity index (χ4v) is 6.08. The number of carbonyl (C=O) groups is 3. The van der Waals surface area contributed by atoms with E-state index < -0.39 is 11.3 Å². The second kappa shape index (κ2) is 9.58. The molecule has 1 fully saturated rings. The van der Waals surface area contributed by atoms with Gasteiger partial charge in [0.2, 0.25) is 17.7 Å². The molecule has 0 radical (unpaired) electrons. The van der Waals surface area contributed by atoms with Gasteiger partial charge in [-0.2, -0.15) is 0 Å². The van der Waals surface area contributed by atoms with Crippen LogP contribution in [-0.4, -0.2) is 17.7 Å². The first kappa shape index (κ1) is 24.1. The summed E-state index contributed by atoms with van der Waals surface area (Å²) in [4.78, 5) is 45.1. The molecule has 2 heterocycles. The van der Waals surface area contributed by atoms with Crippen molar-refractivity contribution in [3.8, 4) is 0 Å². The molecular formula is C32H25ClN2O3. The third-order valence-electron chi connectivity index (χ3n) is 7.62. The normalized spacial score (nSPS) is 20.8. The summed E-state index contributed by atoms with van der Waals surface area (Å²) in [6.45, 7) is 0.349. The molecule has 188 valence electrons. The average molecular weight is 521 g/mol. The van der Waals surface area contributed by atoms with E-state index in [2.05, 4.69) is 0 Å². The molecule has 6 heteroatoms. The van der Waals surface area contributed by atoms with Crippen molar-refractivity contribution in [3.05, 3.63) is 131 Å². The summed E-state index contributed by atoms with van der Waals surface area (Å²) >= 11 is 6.51. The number of hydrogen-bond acceptors (Lipinski definition) is 3. The zero-order chi connectivity index (χ0) is 26.3. The van der Waals surface area contributed by atoms with Crippen LogP contribution >= 0.6 is 11.6 Å². The van der Waals surface area contributed by atoms with E-state index in [1.165, 1.54) is 4.90 Å². The van der Waals surface area contributed by atoms with Gasteiger partial charge in [-0.1, -0.05) is 90.5 Å². The van der Waals surface area contributed by atoms with Crippen molar-refractivity contribution in [1.82, 2.24) is 0 Å². The van der Waals surface area contributed by atoms with Gasteiger partial charge in [0, 0.05) is 17.1 Å². The van der Waals surface area contributed by atoms with Gasteiger partial charge in [0.05, 0.1) is 23.6 Å². The molecule has 0 unspecified atom stereocenters. The number of hydrogen-bond donors (Lipinski definition) is 0. The number of benzene rings is 4. The van der Waals surface area contributed by atoms with Gasteiger partial charge in [0.15, 0.2) is 0 Å². The summed E-state index contributed by atoms with van der Waals surface area (Å²) in [5.41, 5.74) is 2.52. The molecule has 3 amide bonds. The number of rotatable bonds is 6. The predicted octanol–water partition coefficient (Wildman–Crippen LogP) is 5.95. The molecule has 0 aliphatic carbocycles. The molecule has 2 atom stereocenters. The van der Waals surface area contributed by atoms with Gasteiger partial charge in [-0.25, -0.2) is 0 Å². The van der Waals surface area contributed by atoms with Crippen molar-refractivity contribution >= 4 is 40.7 Å². The van der Waals surface area contributed by atoms with E-state index in [4.69, 9.17) is 11.6 Å². The van der Waals surface area contributed by atoms with Gasteiger partial charge in [0.25, 0.3) is 0 Å². The quantitative estimate of drug-likeness (QED) is 0.295. The van der Waals surface area contributed by atoms with Crippen LogP contribution in [0.15, 0.2) is 109 Å². The van der Waals surface area contributed by atoms with Gasteiger partial charge >= 0.3 is 0 Å². The summed E-state index contributed by atoms with van der Waals surface area (Å²) in [5, 5.41) is 0.479. The molecular weight excluding hydrogens is 496 g/mol. The highest BCUT2D eigenvalue weighted by molar-refractivity contribution is 6.31. The highest BCUT2D eigenvalue weighted by Crippen LogP contribution is 2.53. The van der Waals surface area contributed by atoms with Crippen LogP contribution in [0, 0.1) is 5.92 Å². The van der Waals surface area contributed by atoms with Crippen molar-refractivity contribution in [2.45, 2.75) is 24.8 Å². The van der Waals surface area contributed by atoms with Crippen molar-refractivity contribution in [2.24, 2.45) is 5.92 Å². The lowest BCUT2D eigenvalue weighted by Gasteiger charge is -2.33. The monoisotopic (exact) mass is 520 g/mol. The van der Waals surface area contributed by atoms with Gasteiger partial charge in [-0.3, -0.25) is 19.3 Å². The molecule has 4 aromatic rings. The van der Waals surface area contributed by atoms with E-state index in [9.17, 15) is 14.4 Å². The molecule has 1 saturated heterocycles. The number of imide groups is 1. The minimum Gasteiger partial charge on any atom is -0.307 e. The lowest BCUT2D eigenvalue weighted by Crippen LogP contribution is -2.50. The summed E-state index contributed by atoms with van der Waals surface area (Å²) in [5.74, 6) is -1.74. The molecule has 5 nitrogen and oxygen atoms in total. The molecule has 4 aromatic carbocycles. The number of anilines is 2. The number of nitrogens with zero attached hydrogens (tertiary/aromatic N) is 2. The van der Waals surface area contributed by atoms with Crippen LogP contribution in [-0.2, 0) is 32.8 Å². The fraction of sp³-hybridized carbons (Fsp3) is 0.156. The maximum absolute atomic E-state index is 14.7. The predicted molar refractivity (Wildman–Crippen MR) is 148 cm³/mol. The first-order valence-corrected chi connectivity index (χ1v) is 13.0. The number of para-hydroxylation sites is 1. The SMILES string of the molecule is O=C1C[C@H]([C@]2(Cc3ccccc3)C(=O)N(Cc3ccccc3)c3ccc(Cl)cc32)C(=O)N1c1ccccc1. The Kier molecular flexibility index (Phi) is 6.09. The first-order valence-electron chi connectivity index (χ1n) is 12.6. The number of fused-ring (bicyclic) bond motifs is 1. The Morgan fingerprint density at radius 2 is 1.37 bits per heavy atom. The van der Waals surface area contributed by atoms with E-state index >= 15 is 0 Å². The lowest BCUT2D eigenvalue weighted by molar-refractivity contribution is -0.131. The van der Waals surface area contributed by atoms with Crippen molar-refractivity contribution < 1.29 is 14.4 Å². The molecule has 6 rings (SSSR count). The van der Waals surface area contributed by atoms with Gasteiger partial charge in [-0.05, 0) is 53.4 Å². The summed E-state index contributed by atoms with van der Waals surface area (Å²) in [7, 11) is 0. The van der Waals surface area contributed by atoms with Crippen LogP contribution in [0.5, 0.6) is 0 Å². The van der Waals surface area contributed by atoms with E-state index in [1.807, 2.05) is 72.8 Å². The van der Waals surface area contributed by atoms with Gasteiger partial charge in [0.1, 0.15) is 0 Å². The third-order valence-corrected chi connectivity index (χ3v) is 7.86. The maximum atomic E-state index is 14.7. The molecule has 0 saturated carbocycles. The third kappa shape index (κ3) is 3.91. The number of carbonyl (C=O) groups excluding carboxylic acids is 3. The van der Waals surface area contributed by atoms with E-state index in [0.717, 1.165) is 16.8 Å². The van der Waals surface area contributed by atoms with Crippen LogP contribution in [0.1, 0.15) is 23.1 Å². The smallest absolute Gasteiger partial charge is 0.239 e. The number of amides is 3. The van der Waals surface area contributed by atoms with Gasteiger partial charge in [-0.15, -0.1) is 0 Å². The Balaban J connectivity index is 1.52. The minimum absolute atomic E-state index is 0.0581. The zero-order valence-corrected chi connectivity index (χ0v) is 21.3. The highest BCUT2D eigenvalue weighted by atomic mass is 35.5. The van der Waals surface area contributed by atoms with Crippen LogP contribution in [0.4, 0.5) is 11.4 Å². The first-order chi connectivity index (χ1) is 18.5. The topological polar surface area (TPSA) is 57.7 Å². The van der Waals surface area contributed by atoms with Crippen molar-refractivity contribution in [3.63, 3.8) is 0 Å². The summed E-state index contributed by atoms with van der Waals surface area (Å²) in [6.07, 6.45) is 0.217. The Labute approximate surface area is 226 Å². The van der Waals surface area contributed by atoms with E-state index in [1.54, 1.807) is 41.3 Å². The van der Waals surface area contributed by atoms with Crippen LogP contribution in [0.3, 0.4) is 0 Å². The Bertz CT molecular complexity index is 1520. The summed E-state index contributed by atoms with van der Waals surface area (Å²) in [6, 6.07) is 33.7. The van der Waals surface area contributed by atoms with E-state index in [-0.39, 0.29) is 30.6 Å². The largest absolute Gasteiger partial charge is 0.307 e. The Hall–Kier alpha value is -4.22. The Morgan fingerprint density at radius 1 is 0.763 bits per heavy atom. The zero-order valence-electron chi connectivity index (χ0n) is 20.6. The molecule has 2 aliphatic rings. The molecule has 0 bridgehead atoms. The fourth-order valence-electron chi connectivity index (χ4n) is 5.90.